The van der Waals surface area contributed by atoms with Crippen LogP contribution in [0.25, 0.3) is 5.57 Å². The van der Waals surface area contributed by atoms with Crippen LogP contribution in [0, 0.1) is 5.92 Å². The molecular weight excluding hydrogens is 312 g/mol. The normalized spacial score (nSPS) is 19.0. The monoisotopic (exact) mass is 332 g/mol. The van der Waals surface area contributed by atoms with Crippen molar-refractivity contribution in [2.45, 2.75) is 25.2 Å². The number of hydrazone groups is 1. The highest BCUT2D eigenvalue weighted by molar-refractivity contribution is 7.91. The Balaban J connectivity index is 2.45. The van der Waals surface area contributed by atoms with Crippen molar-refractivity contribution >= 4 is 27.0 Å². The second-order valence-electron chi connectivity index (χ2n) is 5.57. The molecule has 1 aliphatic rings. The predicted molar refractivity (Wildman–Crippen MR) is 91.7 cm³/mol. The third-order valence-corrected chi connectivity index (χ3v) is 5.36. The standard InChI is InChI=1S/C17H20N2O3S/c1-4-9-23(21,22)16-8-6-5-7-14(16)12(2)10-15-13(3)11-17(20)19-18-15/h4-8,10,13H,1,9,11H2,2-3H3,(H,19,20). The van der Waals surface area contributed by atoms with E-state index in [1.807, 2.05) is 19.9 Å². The van der Waals surface area contributed by atoms with Gasteiger partial charge in [-0.3, -0.25) is 4.79 Å². The lowest BCUT2D eigenvalue weighted by Gasteiger charge is -2.17. The van der Waals surface area contributed by atoms with Gasteiger partial charge in [0.2, 0.25) is 5.91 Å². The van der Waals surface area contributed by atoms with E-state index in [9.17, 15) is 13.2 Å². The zero-order valence-electron chi connectivity index (χ0n) is 13.2. The molecule has 23 heavy (non-hydrogen) atoms. The van der Waals surface area contributed by atoms with Gasteiger partial charge in [-0.2, -0.15) is 5.10 Å². The molecule has 0 saturated heterocycles. The van der Waals surface area contributed by atoms with E-state index in [0.29, 0.717) is 12.0 Å². The van der Waals surface area contributed by atoms with Crippen molar-refractivity contribution in [2.75, 3.05) is 5.75 Å². The van der Waals surface area contributed by atoms with Gasteiger partial charge < -0.3 is 0 Å². The summed E-state index contributed by atoms with van der Waals surface area (Å²) >= 11 is 0. The minimum Gasteiger partial charge on any atom is -0.273 e. The number of allylic oxidation sites excluding steroid dienone is 2. The smallest absolute Gasteiger partial charge is 0.240 e. The first-order valence-electron chi connectivity index (χ1n) is 7.33. The van der Waals surface area contributed by atoms with E-state index in [-0.39, 0.29) is 22.5 Å². The zero-order chi connectivity index (χ0) is 17.0. The van der Waals surface area contributed by atoms with Gasteiger partial charge in [-0.1, -0.05) is 31.2 Å². The molecule has 0 aliphatic carbocycles. The van der Waals surface area contributed by atoms with E-state index in [0.717, 1.165) is 11.3 Å². The fraction of sp³-hybridized carbons (Fsp3) is 0.294. The van der Waals surface area contributed by atoms with Crippen LogP contribution in [0.15, 0.2) is 53.0 Å². The number of sulfone groups is 1. The van der Waals surface area contributed by atoms with E-state index in [1.165, 1.54) is 6.08 Å². The summed E-state index contributed by atoms with van der Waals surface area (Å²) < 4.78 is 24.7. The summed E-state index contributed by atoms with van der Waals surface area (Å²) in [6.45, 7) is 7.26. The molecule has 0 aromatic heterocycles. The maximum atomic E-state index is 12.4. The van der Waals surface area contributed by atoms with Gasteiger partial charge in [0.1, 0.15) is 0 Å². The zero-order valence-corrected chi connectivity index (χ0v) is 14.1. The Labute approximate surface area is 136 Å². The minimum atomic E-state index is -3.42. The second kappa shape index (κ2) is 6.91. The van der Waals surface area contributed by atoms with Crippen LogP contribution in [0.1, 0.15) is 25.8 Å². The number of nitrogens with zero attached hydrogens (tertiary/aromatic N) is 1. The first-order chi connectivity index (χ1) is 10.8. The summed E-state index contributed by atoms with van der Waals surface area (Å²) in [5, 5.41) is 4.06. The first-order valence-corrected chi connectivity index (χ1v) is 8.98. The molecule has 0 bridgehead atoms. The third kappa shape index (κ3) is 3.96. The molecule has 0 saturated carbocycles. The van der Waals surface area contributed by atoms with Gasteiger partial charge in [0.05, 0.1) is 16.4 Å². The molecule has 1 aromatic carbocycles. The van der Waals surface area contributed by atoms with Crippen LogP contribution in [0.4, 0.5) is 0 Å². The number of benzene rings is 1. The number of carbonyl (C=O) groups is 1. The maximum absolute atomic E-state index is 12.4. The van der Waals surface area contributed by atoms with Crippen molar-refractivity contribution in [1.82, 2.24) is 5.43 Å². The number of rotatable bonds is 5. The maximum Gasteiger partial charge on any atom is 0.240 e. The third-order valence-electron chi connectivity index (χ3n) is 3.65. The van der Waals surface area contributed by atoms with E-state index < -0.39 is 9.84 Å². The summed E-state index contributed by atoms with van der Waals surface area (Å²) in [6.07, 6.45) is 3.58. The van der Waals surface area contributed by atoms with Gasteiger partial charge in [0.15, 0.2) is 9.84 Å². The predicted octanol–water partition coefficient (Wildman–Crippen LogP) is 2.56. The highest BCUT2D eigenvalue weighted by Gasteiger charge is 2.21. The van der Waals surface area contributed by atoms with Crippen molar-refractivity contribution in [3.05, 3.63) is 48.6 Å². The van der Waals surface area contributed by atoms with Crippen LogP contribution in [0.2, 0.25) is 0 Å². The number of amides is 1. The average molecular weight is 332 g/mol. The number of hydrogen-bond donors (Lipinski definition) is 1. The van der Waals surface area contributed by atoms with Crippen molar-refractivity contribution in [1.29, 1.82) is 0 Å². The molecule has 1 aliphatic heterocycles. The molecule has 122 valence electrons. The van der Waals surface area contributed by atoms with Gasteiger partial charge in [-0.25, -0.2) is 13.8 Å². The number of nitrogens with one attached hydrogen (secondary N) is 1. The molecule has 0 fully saturated rings. The van der Waals surface area contributed by atoms with Crippen LogP contribution in [0.5, 0.6) is 0 Å². The lowest BCUT2D eigenvalue weighted by molar-refractivity contribution is -0.121. The Morgan fingerprint density at radius 2 is 2.13 bits per heavy atom. The Morgan fingerprint density at radius 3 is 2.78 bits per heavy atom. The van der Waals surface area contributed by atoms with Crippen molar-refractivity contribution in [3.63, 3.8) is 0 Å². The van der Waals surface area contributed by atoms with Crippen LogP contribution >= 0.6 is 0 Å². The van der Waals surface area contributed by atoms with E-state index in [2.05, 4.69) is 17.1 Å². The topological polar surface area (TPSA) is 75.6 Å². The Kier molecular flexibility index (Phi) is 5.15. The summed E-state index contributed by atoms with van der Waals surface area (Å²) in [5.74, 6) is -0.220. The van der Waals surface area contributed by atoms with E-state index >= 15 is 0 Å². The number of carbonyl (C=O) groups excluding carboxylic acids is 1. The van der Waals surface area contributed by atoms with Crippen LogP contribution in [-0.4, -0.2) is 25.8 Å². The average Bonchev–Trinajstić information content (AvgIpc) is 2.50. The first kappa shape index (κ1) is 17.1. The molecule has 1 N–H and O–H groups in total. The van der Waals surface area contributed by atoms with Gasteiger partial charge in [0.25, 0.3) is 0 Å². The SMILES string of the molecule is C=CCS(=O)(=O)c1ccccc1C(C)=CC1=NNC(=O)CC1C. The molecule has 6 heteroatoms. The molecule has 1 atom stereocenters. The van der Waals surface area contributed by atoms with Crippen LogP contribution in [0.3, 0.4) is 0 Å². The fourth-order valence-corrected chi connectivity index (χ4v) is 3.79. The molecule has 1 heterocycles. The van der Waals surface area contributed by atoms with Crippen LogP contribution in [-0.2, 0) is 14.6 Å². The Morgan fingerprint density at radius 1 is 1.43 bits per heavy atom. The van der Waals surface area contributed by atoms with Gasteiger partial charge in [-0.15, -0.1) is 6.58 Å². The quantitative estimate of drug-likeness (QED) is 0.842. The molecule has 0 spiro atoms. The summed E-state index contributed by atoms with van der Waals surface area (Å²) in [5.41, 5.74) is 4.62. The molecule has 1 amide bonds. The molecule has 0 radical (unpaired) electrons. The highest BCUT2D eigenvalue weighted by atomic mass is 32.2. The summed E-state index contributed by atoms with van der Waals surface area (Å²) in [4.78, 5) is 11.6. The van der Waals surface area contributed by atoms with Crippen molar-refractivity contribution in [3.8, 4) is 0 Å². The lowest BCUT2D eigenvalue weighted by Crippen LogP contribution is -2.30. The van der Waals surface area contributed by atoms with Gasteiger partial charge in [0, 0.05) is 12.3 Å². The molecule has 1 unspecified atom stereocenters. The highest BCUT2D eigenvalue weighted by Crippen LogP contribution is 2.25. The van der Waals surface area contributed by atoms with Gasteiger partial charge in [-0.05, 0) is 30.2 Å². The van der Waals surface area contributed by atoms with Crippen molar-refractivity contribution < 1.29 is 13.2 Å². The van der Waals surface area contributed by atoms with E-state index in [1.54, 1.807) is 24.3 Å². The van der Waals surface area contributed by atoms with Gasteiger partial charge >= 0.3 is 0 Å². The molecule has 1 aromatic rings. The summed E-state index contributed by atoms with van der Waals surface area (Å²) in [7, 11) is -3.42. The van der Waals surface area contributed by atoms with E-state index in [4.69, 9.17) is 0 Å². The summed E-state index contributed by atoms with van der Waals surface area (Å²) in [6, 6.07) is 6.87. The van der Waals surface area contributed by atoms with Crippen LogP contribution < -0.4 is 5.43 Å². The number of hydrogen-bond acceptors (Lipinski definition) is 4. The fourth-order valence-electron chi connectivity index (χ4n) is 2.45. The lowest BCUT2D eigenvalue weighted by atomic mass is 9.96. The van der Waals surface area contributed by atoms with Crippen molar-refractivity contribution in [2.24, 2.45) is 11.0 Å². The molecule has 2 rings (SSSR count). The Bertz CT molecular complexity index is 792. The Hall–Kier alpha value is -2.21. The molecular formula is C17H20N2O3S. The largest absolute Gasteiger partial charge is 0.273 e. The second-order valence-corrected chi connectivity index (χ2v) is 7.57. The minimum absolute atomic E-state index is 0.00403. The molecule has 5 nitrogen and oxygen atoms in total.